The number of hydrogen-bond donors (Lipinski definition) is 1. The van der Waals surface area contributed by atoms with Gasteiger partial charge in [0.1, 0.15) is 0 Å². The van der Waals surface area contributed by atoms with Crippen molar-refractivity contribution in [1.82, 2.24) is 5.32 Å². The van der Waals surface area contributed by atoms with E-state index in [1.54, 1.807) is 7.11 Å². The molecule has 1 N–H and O–H groups in total. The van der Waals surface area contributed by atoms with Gasteiger partial charge in [-0.05, 0) is 18.8 Å². The van der Waals surface area contributed by atoms with Crippen LogP contribution in [0.2, 0.25) is 0 Å². The topological polar surface area (TPSA) is 30.5 Å². The van der Waals surface area contributed by atoms with Gasteiger partial charge in [-0.3, -0.25) is 0 Å². The third-order valence-electron chi connectivity index (χ3n) is 3.49. The Hall–Kier alpha value is -0.120. The van der Waals surface area contributed by atoms with Crippen molar-refractivity contribution in [2.24, 2.45) is 11.8 Å². The highest BCUT2D eigenvalue weighted by molar-refractivity contribution is 4.77. The van der Waals surface area contributed by atoms with E-state index < -0.39 is 0 Å². The van der Waals surface area contributed by atoms with Gasteiger partial charge in [-0.25, -0.2) is 0 Å². The molecule has 0 aromatic heterocycles. The van der Waals surface area contributed by atoms with Crippen LogP contribution >= 0.6 is 0 Å². The van der Waals surface area contributed by atoms with Crippen LogP contribution in [0.1, 0.15) is 32.6 Å². The summed E-state index contributed by atoms with van der Waals surface area (Å²) in [4.78, 5) is 0. The Bertz CT molecular complexity index is 158. The van der Waals surface area contributed by atoms with Crippen molar-refractivity contribution in [1.29, 1.82) is 0 Å². The Morgan fingerprint density at radius 2 is 2.06 bits per heavy atom. The summed E-state index contributed by atoms with van der Waals surface area (Å²) >= 11 is 0. The third kappa shape index (κ3) is 5.28. The van der Waals surface area contributed by atoms with Crippen molar-refractivity contribution in [2.75, 3.05) is 40.0 Å². The standard InChI is InChI=1S/C13H27NO2/c1-3-16-11-13(10-14-8-9-15-2)12-6-4-5-7-12/h12-14H,3-11H2,1-2H3. The molecule has 0 amide bonds. The summed E-state index contributed by atoms with van der Waals surface area (Å²) in [5.74, 6) is 1.57. The number of hydrogen-bond acceptors (Lipinski definition) is 3. The van der Waals surface area contributed by atoms with E-state index in [1.807, 2.05) is 0 Å². The lowest BCUT2D eigenvalue weighted by atomic mass is 9.91. The van der Waals surface area contributed by atoms with Gasteiger partial charge in [-0.2, -0.15) is 0 Å². The van der Waals surface area contributed by atoms with E-state index in [1.165, 1.54) is 25.7 Å². The molecule has 1 rings (SSSR count). The summed E-state index contributed by atoms with van der Waals surface area (Å²) < 4.78 is 10.6. The zero-order valence-electron chi connectivity index (χ0n) is 10.8. The Labute approximate surface area is 99.9 Å². The number of ether oxygens (including phenoxy) is 2. The Balaban J connectivity index is 2.19. The zero-order chi connectivity index (χ0) is 11.6. The molecule has 1 atom stereocenters. The first-order valence-electron chi connectivity index (χ1n) is 6.65. The quantitative estimate of drug-likeness (QED) is 0.614. The van der Waals surface area contributed by atoms with E-state index in [0.29, 0.717) is 5.92 Å². The summed E-state index contributed by atoms with van der Waals surface area (Å²) in [5.41, 5.74) is 0. The molecule has 0 aliphatic heterocycles. The Morgan fingerprint density at radius 3 is 2.69 bits per heavy atom. The molecule has 0 saturated heterocycles. The van der Waals surface area contributed by atoms with Gasteiger partial charge in [0.25, 0.3) is 0 Å². The fourth-order valence-corrected chi connectivity index (χ4v) is 2.52. The lowest BCUT2D eigenvalue weighted by Gasteiger charge is -2.23. The minimum atomic E-state index is 0.694. The molecule has 0 radical (unpaired) electrons. The van der Waals surface area contributed by atoms with Crippen LogP contribution in [0.25, 0.3) is 0 Å². The molecule has 3 nitrogen and oxygen atoms in total. The summed E-state index contributed by atoms with van der Waals surface area (Å²) in [5, 5.41) is 3.47. The van der Waals surface area contributed by atoms with Crippen LogP contribution in [0.4, 0.5) is 0 Å². The maximum atomic E-state index is 5.59. The second-order valence-electron chi connectivity index (χ2n) is 4.66. The molecule has 3 heteroatoms. The van der Waals surface area contributed by atoms with Gasteiger partial charge in [0, 0.05) is 26.8 Å². The molecular formula is C13H27NO2. The van der Waals surface area contributed by atoms with Gasteiger partial charge in [-0.15, -0.1) is 0 Å². The average Bonchev–Trinajstić information content (AvgIpc) is 2.82. The van der Waals surface area contributed by atoms with Crippen molar-refractivity contribution >= 4 is 0 Å². The van der Waals surface area contributed by atoms with Crippen molar-refractivity contribution in [3.63, 3.8) is 0 Å². The maximum absolute atomic E-state index is 5.59. The molecule has 1 aliphatic carbocycles. The van der Waals surface area contributed by atoms with E-state index in [0.717, 1.165) is 38.8 Å². The van der Waals surface area contributed by atoms with Crippen LogP contribution in [0, 0.1) is 11.8 Å². The lowest BCUT2D eigenvalue weighted by molar-refractivity contribution is 0.0848. The maximum Gasteiger partial charge on any atom is 0.0587 e. The second kappa shape index (κ2) is 8.97. The highest BCUT2D eigenvalue weighted by Gasteiger charge is 2.24. The molecule has 1 aliphatic rings. The third-order valence-corrected chi connectivity index (χ3v) is 3.49. The highest BCUT2D eigenvalue weighted by Crippen LogP contribution is 2.31. The highest BCUT2D eigenvalue weighted by atomic mass is 16.5. The zero-order valence-corrected chi connectivity index (χ0v) is 10.8. The van der Waals surface area contributed by atoms with E-state index >= 15 is 0 Å². The predicted octanol–water partition coefficient (Wildman–Crippen LogP) is 2.07. The molecule has 1 saturated carbocycles. The number of nitrogens with one attached hydrogen (secondary N) is 1. The van der Waals surface area contributed by atoms with Crippen molar-refractivity contribution in [3.8, 4) is 0 Å². The lowest BCUT2D eigenvalue weighted by Crippen LogP contribution is -2.32. The van der Waals surface area contributed by atoms with Gasteiger partial charge in [0.2, 0.25) is 0 Å². The predicted molar refractivity (Wildman–Crippen MR) is 66.7 cm³/mol. The van der Waals surface area contributed by atoms with Crippen molar-refractivity contribution in [2.45, 2.75) is 32.6 Å². The first-order chi connectivity index (χ1) is 7.88. The average molecular weight is 229 g/mol. The largest absolute Gasteiger partial charge is 0.383 e. The molecule has 1 unspecified atom stereocenters. The molecule has 0 aromatic carbocycles. The minimum absolute atomic E-state index is 0.694. The summed E-state index contributed by atoms with van der Waals surface area (Å²) in [7, 11) is 1.75. The fourth-order valence-electron chi connectivity index (χ4n) is 2.52. The van der Waals surface area contributed by atoms with E-state index in [9.17, 15) is 0 Å². The first kappa shape index (κ1) is 13.9. The molecule has 96 valence electrons. The van der Waals surface area contributed by atoms with E-state index in [-0.39, 0.29) is 0 Å². The van der Waals surface area contributed by atoms with Crippen LogP contribution in [-0.4, -0.2) is 40.0 Å². The molecule has 0 spiro atoms. The Morgan fingerprint density at radius 1 is 1.31 bits per heavy atom. The van der Waals surface area contributed by atoms with Crippen molar-refractivity contribution in [3.05, 3.63) is 0 Å². The van der Waals surface area contributed by atoms with E-state index in [2.05, 4.69) is 12.2 Å². The molecule has 0 heterocycles. The van der Waals surface area contributed by atoms with Gasteiger partial charge < -0.3 is 14.8 Å². The van der Waals surface area contributed by atoms with Crippen LogP contribution in [0.15, 0.2) is 0 Å². The van der Waals surface area contributed by atoms with Gasteiger partial charge >= 0.3 is 0 Å². The number of rotatable bonds is 9. The second-order valence-corrected chi connectivity index (χ2v) is 4.66. The normalized spacial score (nSPS) is 19.1. The van der Waals surface area contributed by atoms with Crippen LogP contribution in [0.5, 0.6) is 0 Å². The van der Waals surface area contributed by atoms with Crippen molar-refractivity contribution < 1.29 is 9.47 Å². The fraction of sp³-hybridized carbons (Fsp3) is 1.00. The van der Waals surface area contributed by atoms with E-state index in [4.69, 9.17) is 9.47 Å². The van der Waals surface area contributed by atoms with Gasteiger partial charge in [0.05, 0.1) is 13.2 Å². The smallest absolute Gasteiger partial charge is 0.0587 e. The van der Waals surface area contributed by atoms with Gasteiger partial charge in [0.15, 0.2) is 0 Å². The minimum Gasteiger partial charge on any atom is -0.383 e. The molecule has 16 heavy (non-hydrogen) atoms. The summed E-state index contributed by atoms with van der Waals surface area (Å²) in [6.45, 7) is 6.65. The summed E-state index contributed by atoms with van der Waals surface area (Å²) in [6.07, 6.45) is 5.60. The molecule has 0 aromatic rings. The van der Waals surface area contributed by atoms with Crippen LogP contribution in [0.3, 0.4) is 0 Å². The van der Waals surface area contributed by atoms with Crippen LogP contribution < -0.4 is 5.32 Å². The Kier molecular flexibility index (Phi) is 7.81. The number of methoxy groups -OCH3 is 1. The van der Waals surface area contributed by atoms with Gasteiger partial charge in [-0.1, -0.05) is 25.7 Å². The summed E-state index contributed by atoms with van der Waals surface area (Å²) in [6, 6.07) is 0. The molecular weight excluding hydrogens is 202 g/mol. The SMILES string of the molecule is CCOCC(CNCCOC)C1CCCC1. The molecule has 1 fully saturated rings. The first-order valence-corrected chi connectivity index (χ1v) is 6.65. The molecule has 0 bridgehead atoms. The monoisotopic (exact) mass is 229 g/mol. The van der Waals surface area contributed by atoms with Crippen LogP contribution in [-0.2, 0) is 9.47 Å².